The molecule has 0 spiro atoms. The second kappa shape index (κ2) is 9.99. The van der Waals surface area contributed by atoms with E-state index in [1.807, 2.05) is 25.1 Å². The summed E-state index contributed by atoms with van der Waals surface area (Å²) in [6.45, 7) is 3.84. The molecule has 4 aromatic rings. The summed E-state index contributed by atoms with van der Waals surface area (Å²) < 4.78 is 6.57. The van der Waals surface area contributed by atoms with E-state index in [9.17, 15) is 9.90 Å². The maximum Gasteiger partial charge on any atom is 0.303 e. The minimum atomic E-state index is -0.859. The van der Waals surface area contributed by atoms with E-state index < -0.39 is 5.97 Å². The largest absolute Gasteiger partial charge is 0.481 e. The fraction of sp³-hybridized carbons (Fsp3) is 0.400. The lowest BCUT2D eigenvalue weighted by atomic mass is 9.92. The van der Waals surface area contributed by atoms with Crippen LogP contribution < -0.4 is 10.2 Å². The Kier molecular flexibility index (Phi) is 6.63. The number of likely N-dealkylation sites (N-methyl/N-ethyl adjacent to an activating group) is 1. The average Bonchev–Trinajstić information content (AvgIpc) is 3.43. The molecule has 0 saturated heterocycles. The van der Waals surface area contributed by atoms with Crippen LogP contribution in [0.1, 0.15) is 46.7 Å². The van der Waals surface area contributed by atoms with Gasteiger partial charge in [0.15, 0.2) is 5.82 Å². The summed E-state index contributed by atoms with van der Waals surface area (Å²) in [4.78, 5) is 27.6. The maximum absolute atomic E-state index is 11.5. The lowest BCUT2D eigenvalue weighted by Crippen LogP contribution is -2.31. The topological polar surface area (TPSA) is 117 Å². The number of fused-ring (bicyclic) bond motifs is 2. The highest BCUT2D eigenvalue weighted by Crippen LogP contribution is 2.30. The number of rotatable bonds is 9. The number of pyridine rings is 1. The molecule has 4 heterocycles. The smallest absolute Gasteiger partial charge is 0.303 e. The number of aromatic nitrogens is 4. The summed E-state index contributed by atoms with van der Waals surface area (Å²) in [6, 6.07) is 10.1. The minimum absolute atomic E-state index is 0.0143. The zero-order valence-corrected chi connectivity index (χ0v) is 20.6. The molecule has 0 aliphatic carbocycles. The van der Waals surface area contributed by atoms with Gasteiger partial charge < -0.3 is 19.8 Å². The Labute approximate surface area is 207 Å². The lowest BCUT2D eigenvalue weighted by molar-refractivity contribution is -0.137. The third-order valence-corrected chi connectivity index (χ3v) is 7.21. The zero-order valence-electron chi connectivity index (χ0n) is 19.8. The first-order chi connectivity index (χ1) is 16.9. The van der Waals surface area contributed by atoms with Gasteiger partial charge in [-0.1, -0.05) is 11.2 Å². The van der Waals surface area contributed by atoms with Crippen LogP contribution in [0, 0.1) is 6.92 Å². The molecule has 35 heavy (non-hydrogen) atoms. The van der Waals surface area contributed by atoms with E-state index in [1.165, 1.54) is 0 Å². The molecule has 10 heteroatoms. The van der Waals surface area contributed by atoms with E-state index in [1.54, 1.807) is 11.3 Å². The lowest BCUT2D eigenvalue weighted by Gasteiger charge is -2.27. The van der Waals surface area contributed by atoms with Crippen molar-refractivity contribution in [3.63, 3.8) is 0 Å². The molecule has 0 saturated carbocycles. The number of hydrogen-bond acceptors (Lipinski definition) is 9. The van der Waals surface area contributed by atoms with Crippen molar-refractivity contribution < 1.29 is 14.4 Å². The molecular weight excluding hydrogens is 464 g/mol. The van der Waals surface area contributed by atoms with Crippen molar-refractivity contribution in [3.8, 4) is 0 Å². The number of aliphatic carboxylic acids is 1. The first-order valence-corrected chi connectivity index (χ1v) is 12.6. The van der Waals surface area contributed by atoms with E-state index in [4.69, 9.17) is 9.51 Å². The van der Waals surface area contributed by atoms with Gasteiger partial charge in [0.25, 0.3) is 0 Å². The van der Waals surface area contributed by atoms with Gasteiger partial charge in [-0.25, -0.2) is 9.97 Å². The second-order valence-corrected chi connectivity index (χ2v) is 10.2. The molecule has 1 aliphatic rings. The van der Waals surface area contributed by atoms with Gasteiger partial charge in [0.1, 0.15) is 5.82 Å². The summed E-state index contributed by atoms with van der Waals surface area (Å²) >= 11 is 1.63. The van der Waals surface area contributed by atoms with Crippen LogP contribution in [0.2, 0.25) is 0 Å². The number of nitrogens with zero attached hydrogens (tertiary/aromatic N) is 5. The number of nitrogens with one attached hydrogen (secondary N) is 1. The summed E-state index contributed by atoms with van der Waals surface area (Å²) in [5.74, 6) is 0.907. The van der Waals surface area contributed by atoms with Gasteiger partial charge in [0, 0.05) is 44.6 Å². The number of aryl methyl sites for hydroxylation is 3. The third-order valence-electron chi connectivity index (χ3n) is 6.26. The van der Waals surface area contributed by atoms with E-state index in [0.29, 0.717) is 24.6 Å². The number of anilines is 2. The van der Waals surface area contributed by atoms with Gasteiger partial charge in [0.2, 0.25) is 5.89 Å². The fourth-order valence-corrected chi connectivity index (χ4v) is 5.28. The minimum Gasteiger partial charge on any atom is -0.481 e. The maximum atomic E-state index is 11.5. The molecule has 0 fully saturated rings. The second-order valence-electron chi connectivity index (χ2n) is 8.94. The number of hydrogen-bond donors (Lipinski definition) is 2. The molecule has 2 N–H and O–H groups in total. The molecular formula is C25H28N6O3S. The zero-order chi connectivity index (χ0) is 24.4. The molecule has 1 atom stereocenters. The van der Waals surface area contributed by atoms with Gasteiger partial charge in [-0.15, -0.1) is 11.3 Å². The van der Waals surface area contributed by atoms with Crippen LogP contribution in [-0.4, -0.2) is 51.3 Å². The van der Waals surface area contributed by atoms with Crippen molar-refractivity contribution in [3.05, 3.63) is 58.3 Å². The fourth-order valence-electron chi connectivity index (χ4n) is 4.48. The van der Waals surface area contributed by atoms with Crippen molar-refractivity contribution in [1.29, 1.82) is 0 Å². The molecule has 182 valence electrons. The molecule has 0 radical (unpaired) electrons. The van der Waals surface area contributed by atoms with Crippen molar-refractivity contribution in [1.82, 2.24) is 20.1 Å². The van der Waals surface area contributed by atoms with Crippen LogP contribution in [-0.2, 0) is 24.1 Å². The number of thiazole rings is 1. The first kappa shape index (κ1) is 23.2. The Hall–Kier alpha value is -3.53. The summed E-state index contributed by atoms with van der Waals surface area (Å²) in [7, 11) is 2.08. The van der Waals surface area contributed by atoms with Crippen molar-refractivity contribution in [2.24, 2.45) is 0 Å². The van der Waals surface area contributed by atoms with Crippen LogP contribution in [0.4, 0.5) is 11.5 Å². The Morgan fingerprint density at radius 1 is 1.23 bits per heavy atom. The summed E-state index contributed by atoms with van der Waals surface area (Å²) in [5, 5.41) is 17.9. The van der Waals surface area contributed by atoms with Gasteiger partial charge in [-0.3, -0.25) is 4.79 Å². The summed E-state index contributed by atoms with van der Waals surface area (Å²) in [6.07, 6.45) is 2.69. The molecule has 1 aliphatic heterocycles. The Balaban J connectivity index is 1.21. The van der Waals surface area contributed by atoms with E-state index in [0.717, 1.165) is 63.9 Å². The molecule has 9 nitrogen and oxygen atoms in total. The average molecular weight is 493 g/mol. The van der Waals surface area contributed by atoms with Crippen molar-refractivity contribution >= 4 is 39.0 Å². The van der Waals surface area contributed by atoms with Crippen LogP contribution >= 0.6 is 11.3 Å². The monoisotopic (exact) mass is 492 g/mol. The Bertz CT molecular complexity index is 1350. The number of benzene rings is 1. The number of carbonyl (C=O) groups is 1. The van der Waals surface area contributed by atoms with E-state index in [-0.39, 0.29) is 12.3 Å². The summed E-state index contributed by atoms with van der Waals surface area (Å²) in [5.41, 5.74) is 3.97. The molecule has 0 amide bonds. The Morgan fingerprint density at radius 3 is 2.97 bits per heavy atom. The van der Waals surface area contributed by atoms with E-state index >= 15 is 0 Å². The van der Waals surface area contributed by atoms with Gasteiger partial charge in [-0.2, -0.15) is 4.98 Å². The van der Waals surface area contributed by atoms with Gasteiger partial charge in [0.05, 0.1) is 27.3 Å². The standard InChI is InChI=1S/C25H28N6O3S/c1-15-27-19-12-16(6-9-21(19)35-15)17(14-24(32)33)13-23-29-22(30-34-23)5-3-4-18-7-8-20-25(28-18)26-10-11-31(20)2/h6-9,12,17H,3-5,10-11,13-14H2,1-2H3,(H,26,28)(H,32,33). The molecule has 5 rings (SSSR count). The third kappa shape index (κ3) is 5.43. The molecule has 1 unspecified atom stereocenters. The predicted octanol–water partition coefficient (Wildman–Crippen LogP) is 4.22. The highest BCUT2D eigenvalue weighted by Gasteiger charge is 2.21. The van der Waals surface area contributed by atoms with Gasteiger partial charge in [-0.05, 0) is 49.6 Å². The first-order valence-electron chi connectivity index (χ1n) is 11.8. The highest BCUT2D eigenvalue weighted by atomic mass is 32.1. The van der Waals surface area contributed by atoms with Crippen LogP contribution in [0.15, 0.2) is 34.9 Å². The number of carboxylic acids is 1. The molecule has 0 bridgehead atoms. The predicted molar refractivity (Wildman–Crippen MR) is 135 cm³/mol. The van der Waals surface area contributed by atoms with Crippen LogP contribution in [0.25, 0.3) is 10.2 Å². The SMILES string of the molecule is Cc1nc2cc(C(CC(=O)O)Cc3nc(CCCc4ccc5c(n4)NCCN5C)no3)ccc2s1. The van der Waals surface area contributed by atoms with Crippen molar-refractivity contribution in [2.75, 3.05) is 30.4 Å². The number of carboxylic acid groups (broad SMARTS) is 1. The van der Waals surface area contributed by atoms with Crippen molar-refractivity contribution in [2.45, 2.75) is 44.9 Å². The quantitative estimate of drug-likeness (QED) is 0.354. The Morgan fingerprint density at radius 2 is 2.11 bits per heavy atom. The molecule has 1 aromatic carbocycles. The van der Waals surface area contributed by atoms with Gasteiger partial charge >= 0.3 is 5.97 Å². The molecule has 3 aromatic heterocycles. The normalized spacial score (nSPS) is 14.1. The van der Waals surface area contributed by atoms with E-state index in [2.05, 4.69) is 44.5 Å². The van der Waals surface area contributed by atoms with Crippen LogP contribution in [0.3, 0.4) is 0 Å². The van der Waals surface area contributed by atoms with Crippen LogP contribution in [0.5, 0.6) is 0 Å². The highest BCUT2D eigenvalue weighted by molar-refractivity contribution is 7.18.